The lowest BCUT2D eigenvalue weighted by Gasteiger charge is -2.15. The fourth-order valence-electron chi connectivity index (χ4n) is 2.73. The van der Waals surface area contributed by atoms with Crippen LogP contribution in [0.25, 0.3) is 0 Å². The van der Waals surface area contributed by atoms with E-state index in [0.29, 0.717) is 5.92 Å². The van der Waals surface area contributed by atoms with Crippen LogP contribution < -0.4 is 10.6 Å². The van der Waals surface area contributed by atoms with Crippen LogP contribution in [0.4, 0.5) is 0 Å². The molecular formula is C19H38IN5. The standard InChI is InChI=1S/C19H37N5.HI/c1-5-8-11-18(6-2)16-23-19(20-7-3)22-12-9-10-14-24-15-13-21-17(24)4;/h13,15,18H,5-12,14,16H2,1-4H3,(H2,20,22,23);1H. The van der Waals surface area contributed by atoms with Crippen LogP contribution in [-0.4, -0.2) is 35.1 Å². The monoisotopic (exact) mass is 463 g/mol. The second-order valence-corrected chi connectivity index (χ2v) is 6.44. The molecule has 0 spiro atoms. The minimum atomic E-state index is 0. The smallest absolute Gasteiger partial charge is 0.191 e. The Bertz CT molecular complexity index is 458. The fourth-order valence-corrected chi connectivity index (χ4v) is 2.73. The van der Waals surface area contributed by atoms with E-state index in [-0.39, 0.29) is 24.0 Å². The molecule has 0 aromatic carbocycles. The number of unbranched alkanes of at least 4 members (excludes halogenated alkanes) is 2. The number of hydrogen-bond acceptors (Lipinski definition) is 2. The molecule has 0 aliphatic carbocycles. The van der Waals surface area contributed by atoms with Gasteiger partial charge in [-0.1, -0.05) is 33.1 Å². The highest BCUT2D eigenvalue weighted by Crippen LogP contribution is 2.12. The molecule has 2 N–H and O–H groups in total. The van der Waals surface area contributed by atoms with Crippen molar-refractivity contribution in [3.05, 3.63) is 18.2 Å². The molecule has 0 bridgehead atoms. The van der Waals surface area contributed by atoms with Crippen molar-refractivity contribution in [1.82, 2.24) is 20.2 Å². The van der Waals surface area contributed by atoms with Crippen molar-refractivity contribution in [3.63, 3.8) is 0 Å². The normalized spacial score (nSPS) is 12.6. The molecule has 6 heteroatoms. The molecule has 0 saturated heterocycles. The zero-order chi connectivity index (χ0) is 17.6. The van der Waals surface area contributed by atoms with E-state index in [1.165, 1.54) is 25.7 Å². The average Bonchev–Trinajstić information content (AvgIpc) is 2.99. The van der Waals surface area contributed by atoms with Gasteiger partial charge < -0.3 is 15.2 Å². The van der Waals surface area contributed by atoms with E-state index < -0.39 is 0 Å². The minimum absolute atomic E-state index is 0. The number of hydrogen-bond donors (Lipinski definition) is 2. The number of aromatic nitrogens is 2. The highest BCUT2D eigenvalue weighted by atomic mass is 127. The topological polar surface area (TPSA) is 54.2 Å². The Kier molecular flexibility index (Phi) is 15.0. The molecule has 0 aliphatic rings. The quantitative estimate of drug-likeness (QED) is 0.210. The summed E-state index contributed by atoms with van der Waals surface area (Å²) in [7, 11) is 0. The first-order chi connectivity index (χ1) is 11.7. The molecule has 0 saturated carbocycles. The van der Waals surface area contributed by atoms with E-state index in [4.69, 9.17) is 4.99 Å². The summed E-state index contributed by atoms with van der Waals surface area (Å²) in [5, 5.41) is 6.82. The van der Waals surface area contributed by atoms with Crippen molar-refractivity contribution >= 4 is 29.9 Å². The molecule has 0 radical (unpaired) electrons. The van der Waals surface area contributed by atoms with Crippen molar-refractivity contribution in [2.45, 2.75) is 72.8 Å². The Morgan fingerprint density at radius 2 is 2.00 bits per heavy atom. The van der Waals surface area contributed by atoms with Crippen molar-refractivity contribution < 1.29 is 0 Å². The van der Waals surface area contributed by atoms with Crippen LogP contribution in [0, 0.1) is 12.8 Å². The van der Waals surface area contributed by atoms with Crippen LogP contribution in [0.3, 0.4) is 0 Å². The van der Waals surface area contributed by atoms with Gasteiger partial charge in [0.15, 0.2) is 5.96 Å². The van der Waals surface area contributed by atoms with Gasteiger partial charge in [-0.25, -0.2) is 4.98 Å². The SMILES string of the molecule is CCCCC(CC)CN=C(NCC)NCCCCn1ccnc1C.I. The van der Waals surface area contributed by atoms with E-state index in [1.54, 1.807) is 0 Å². The number of nitrogens with one attached hydrogen (secondary N) is 2. The Morgan fingerprint density at radius 1 is 1.20 bits per heavy atom. The first-order valence-corrected chi connectivity index (χ1v) is 9.71. The van der Waals surface area contributed by atoms with Crippen molar-refractivity contribution in [2.24, 2.45) is 10.9 Å². The van der Waals surface area contributed by atoms with Crippen LogP contribution in [0.15, 0.2) is 17.4 Å². The summed E-state index contributed by atoms with van der Waals surface area (Å²) in [5.41, 5.74) is 0. The first-order valence-electron chi connectivity index (χ1n) is 9.71. The average molecular weight is 463 g/mol. The molecular weight excluding hydrogens is 425 g/mol. The summed E-state index contributed by atoms with van der Waals surface area (Å²) in [5.74, 6) is 2.77. The number of aliphatic imine (C=N–C) groups is 1. The van der Waals surface area contributed by atoms with Gasteiger partial charge in [-0.05, 0) is 39.0 Å². The van der Waals surface area contributed by atoms with Gasteiger partial charge in [0.25, 0.3) is 0 Å². The van der Waals surface area contributed by atoms with Gasteiger partial charge in [0.2, 0.25) is 0 Å². The number of nitrogens with zero attached hydrogens (tertiary/aromatic N) is 3. The molecule has 0 fully saturated rings. The summed E-state index contributed by atoms with van der Waals surface area (Å²) < 4.78 is 2.21. The maximum absolute atomic E-state index is 4.78. The number of guanidine groups is 1. The summed E-state index contributed by atoms with van der Waals surface area (Å²) >= 11 is 0. The van der Waals surface area contributed by atoms with Gasteiger partial charge in [-0.2, -0.15) is 0 Å². The van der Waals surface area contributed by atoms with Gasteiger partial charge >= 0.3 is 0 Å². The summed E-state index contributed by atoms with van der Waals surface area (Å²) in [6, 6.07) is 0. The van der Waals surface area contributed by atoms with Crippen LogP contribution in [0.1, 0.15) is 65.1 Å². The Balaban J connectivity index is 0.00000576. The van der Waals surface area contributed by atoms with Crippen LogP contribution in [0.2, 0.25) is 0 Å². The van der Waals surface area contributed by atoms with E-state index in [1.807, 2.05) is 6.20 Å². The van der Waals surface area contributed by atoms with Crippen LogP contribution in [0.5, 0.6) is 0 Å². The van der Waals surface area contributed by atoms with E-state index in [9.17, 15) is 0 Å². The second kappa shape index (κ2) is 15.5. The number of aryl methyl sites for hydroxylation is 2. The highest BCUT2D eigenvalue weighted by molar-refractivity contribution is 14.0. The molecule has 1 heterocycles. The maximum atomic E-state index is 4.78. The largest absolute Gasteiger partial charge is 0.357 e. The zero-order valence-corrected chi connectivity index (χ0v) is 18.9. The molecule has 1 aromatic heterocycles. The second-order valence-electron chi connectivity index (χ2n) is 6.44. The Hall–Kier alpha value is -0.790. The van der Waals surface area contributed by atoms with E-state index in [2.05, 4.69) is 54.1 Å². The van der Waals surface area contributed by atoms with Gasteiger partial charge in [-0.3, -0.25) is 4.99 Å². The summed E-state index contributed by atoms with van der Waals surface area (Å²) in [6.07, 6.45) is 11.3. The predicted octanol–water partition coefficient (Wildman–Crippen LogP) is 4.36. The molecule has 25 heavy (non-hydrogen) atoms. The van der Waals surface area contributed by atoms with Crippen molar-refractivity contribution in [3.8, 4) is 0 Å². The molecule has 0 aliphatic heterocycles. The number of rotatable bonds is 12. The van der Waals surface area contributed by atoms with Gasteiger partial charge in [0, 0.05) is 38.6 Å². The first kappa shape index (κ1) is 24.2. The number of imidazole rings is 1. The summed E-state index contributed by atoms with van der Waals surface area (Å²) in [4.78, 5) is 9.03. The van der Waals surface area contributed by atoms with Crippen LogP contribution >= 0.6 is 24.0 Å². The molecule has 1 atom stereocenters. The van der Waals surface area contributed by atoms with Crippen LogP contribution in [-0.2, 0) is 6.54 Å². The molecule has 1 aromatic rings. The van der Waals surface area contributed by atoms with E-state index in [0.717, 1.165) is 50.8 Å². The lowest BCUT2D eigenvalue weighted by molar-refractivity contribution is 0.461. The molecule has 5 nitrogen and oxygen atoms in total. The summed E-state index contributed by atoms with van der Waals surface area (Å²) in [6.45, 7) is 12.5. The molecule has 1 rings (SSSR count). The number of halogens is 1. The maximum Gasteiger partial charge on any atom is 0.191 e. The lowest BCUT2D eigenvalue weighted by atomic mass is 10.00. The molecule has 1 unspecified atom stereocenters. The predicted molar refractivity (Wildman–Crippen MR) is 119 cm³/mol. The highest BCUT2D eigenvalue weighted by Gasteiger charge is 2.06. The third-order valence-corrected chi connectivity index (χ3v) is 4.44. The Labute approximate surface area is 171 Å². The lowest BCUT2D eigenvalue weighted by Crippen LogP contribution is -2.38. The molecule has 0 amide bonds. The van der Waals surface area contributed by atoms with Crippen molar-refractivity contribution in [2.75, 3.05) is 19.6 Å². The minimum Gasteiger partial charge on any atom is -0.357 e. The molecule has 146 valence electrons. The third kappa shape index (κ3) is 10.7. The van der Waals surface area contributed by atoms with Gasteiger partial charge in [0.05, 0.1) is 0 Å². The Morgan fingerprint density at radius 3 is 2.60 bits per heavy atom. The fraction of sp³-hybridized carbons (Fsp3) is 0.789. The zero-order valence-electron chi connectivity index (χ0n) is 16.6. The van der Waals surface area contributed by atoms with Crippen molar-refractivity contribution in [1.29, 1.82) is 0 Å². The van der Waals surface area contributed by atoms with Gasteiger partial charge in [0.1, 0.15) is 5.82 Å². The third-order valence-electron chi connectivity index (χ3n) is 4.44. The van der Waals surface area contributed by atoms with Gasteiger partial charge in [-0.15, -0.1) is 24.0 Å². The van der Waals surface area contributed by atoms with E-state index >= 15 is 0 Å².